The predicted molar refractivity (Wildman–Crippen MR) is 147 cm³/mol. The average Bonchev–Trinajstić information content (AvgIpc) is 3.18. The van der Waals surface area contributed by atoms with E-state index in [-0.39, 0.29) is 17.1 Å². The maximum absolute atomic E-state index is 12.9. The van der Waals surface area contributed by atoms with Crippen LogP contribution in [0.2, 0.25) is 15.1 Å². The van der Waals surface area contributed by atoms with Gasteiger partial charge in [-0.15, -0.1) is 0 Å². The SMILES string of the molecule is CC(C)(C)c1ccc(OCc2cccc(C(=O)Nc3nn(Cc4ccc(Cl)cc4Cl)cc3Cl)c2)cc1. The summed E-state index contributed by atoms with van der Waals surface area (Å²) in [4.78, 5) is 12.9. The highest BCUT2D eigenvalue weighted by molar-refractivity contribution is 6.35. The molecule has 0 saturated carbocycles. The fraction of sp³-hybridized carbons (Fsp3) is 0.214. The van der Waals surface area contributed by atoms with E-state index < -0.39 is 0 Å². The molecule has 0 saturated heterocycles. The minimum atomic E-state index is -0.317. The average molecular weight is 543 g/mol. The van der Waals surface area contributed by atoms with Crippen LogP contribution in [0.15, 0.2) is 72.9 Å². The van der Waals surface area contributed by atoms with Crippen LogP contribution in [0.1, 0.15) is 47.8 Å². The van der Waals surface area contributed by atoms with E-state index in [4.69, 9.17) is 39.5 Å². The van der Waals surface area contributed by atoms with Crippen molar-refractivity contribution in [3.05, 3.63) is 110 Å². The van der Waals surface area contributed by atoms with Crippen LogP contribution in [0.25, 0.3) is 0 Å². The second-order valence-electron chi connectivity index (χ2n) is 9.48. The summed E-state index contributed by atoms with van der Waals surface area (Å²) in [5.41, 5.74) is 3.51. The van der Waals surface area contributed by atoms with Gasteiger partial charge in [-0.05, 0) is 58.5 Å². The number of halogens is 3. The summed E-state index contributed by atoms with van der Waals surface area (Å²) in [7, 11) is 0. The van der Waals surface area contributed by atoms with Gasteiger partial charge in [-0.2, -0.15) is 5.10 Å². The van der Waals surface area contributed by atoms with Gasteiger partial charge >= 0.3 is 0 Å². The van der Waals surface area contributed by atoms with Gasteiger partial charge in [-0.25, -0.2) is 0 Å². The molecule has 0 radical (unpaired) electrons. The fourth-order valence-corrected chi connectivity index (χ4v) is 4.25. The number of carbonyl (C=O) groups is 1. The quantitative estimate of drug-likeness (QED) is 0.257. The summed E-state index contributed by atoms with van der Waals surface area (Å²) < 4.78 is 7.53. The third-order valence-corrected chi connectivity index (χ3v) is 6.47. The summed E-state index contributed by atoms with van der Waals surface area (Å²) in [6, 6.07) is 20.6. The molecule has 4 rings (SSSR count). The van der Waals surface area contributed by atoms with Gasteiger partial charge in [0.2, 0.25) is 0 Å². The van der Waals surface area contributed by atoms with Gasteiger partial charge in [0.25, 0.3) is 5.91 Å². The molecule has 186 valence electrons. The van der Waals surface area contributed by atoms with Gasteiger partial charge in [0.15, 0.2) is 5.82 Å². The first kappa shape index (κ1) is 26.1. The molecule has 0 atom stereocenters. The topological polar surface area (TPSA) is 56.1 Å². The second kappa shape index (κ2) is 11.0. The zero-order valence-electron chi connectivity index (χ0n) is 20.2. The van der Waals surface area contributed by atoms with Crippen LogP contribution < -0.4 is 10.1 Å². The molecule has 0 aliphatic rings. The Morgan fingerprint density at radius 1 is 0.972 bits per heavy atom. The number of hydrogen-bond donors (Lipinski definition) is 1. The smallest absolute Gasteiger partial charge is 0.256 e. The van der Waals surface area contributed by atoms with E-state index in [2.05, 4.69) is 43.3 Å². The van der Waals surface area contributed by atoms with Gasteiger partial charge in [-0.1, -0.05) is 85.9 Å². The lowest BCUT2D eigenvalue weighted by molar-refractivity contribution is 0.102. The van der Waals surface area contributed by atoms with Gasteiger partial charge in [0, 0.05) is 21.8 Å². The Kier molecular flexibility index (Phi) is 7.94. The van der Waals surface area contributed by atoms with E-state index in [1.54, 1.807) is 35.1 Å². The molecule has 0 unspecified atom stereocenters. The van der Waals surface area contributed by atoms with Crippen molar-refractivity contribution in [3.8, 4) is 5.75 Å². The van der Waals surface area contributed by atoms with Crippen LogP contribution in [0.3, 0.4) is 0 Å². The van der Waals surface area contributed by atoms with Crippen molar-refractivity contribution in [2.45, 2.75) is 39.3 Å². The molecule has 8 heteroatoms. The number of hydrogen-bond acceptors (Lipinski definition) is 3. The summed E-state index contributed by atoms with van der Waals surface area (Å²) in [6.07, 6.45) is 1.64. The number of nitrogens with zero attached hydrogens (tertiary/aromatic N) is 2. The van der Waals surface area contributed by atoms with Crippen molar-refractivity contribution in [2.75, 3.05) is 5.32 Å². The van der Waals surface area contributed by atoms with Crippen molar-refractivity contribution >= 4 is 46.5 Å². The molecule has 0 aliphatic heterocycles. The van der Waals surface area contributed by atoms with Crippen LogP contribution in [-0.4, -0.2) is 15.7 Å². The third kappa shape index (κ3) is 6.61. The minimum Gasteiger partial charge on any atom is -0.489 e. The monoisotopic (exact) mass is 541 g/mol. The van der Waals surface area contributed by atoms with E-state index in [1.807, 2.05) is 30.3 Å². The highest BCUT2D eigenvalue weighted by Crippen LogP contribution is 2.26. The van der Waals surface area contributed by atoms with Crippen LogP contribution in [0.4, 0.5) is 5.82 Å². The summed E-state index contributed by atoms with van der Waals surface area (Å²) in [5, 5.41) is 8.59. The zero-order chi connectivity index (χ0) is 25.9. The standard InChI is InChI=1S/C28H26Cl3N3O2/c1-28(2,3)21-8-11-23(12-9-21)36-17-18-5-4-6-19(13-18)27(35)32-26-25(31)16-34(33-26)15-20-7-10-22(29)14-24(20)30/h4-14,16H,15,17H2,1-3H3,(H,32,33,35). The molecule has 1 aromatic heterocycles. The first-order chi connectivity index (χ1) is 17.1. The van der Waals surface area contributed by atoms with Crippen molar-refractivity contribution in [1.82, 2.24) is 9.78 Å². The molecular weight excluding hydrogens is 517 g/mol. The Morgan fingerprint density at radius 2 is 1.72 bits per heavy atom. The Morgan fingerprint density at radius 3 is 2.42 bits per heavy atom. The molecule has 1 heterocycles. The highest BCUT2D eigenvalue weighted by Gasteiger charge is 2.15. The van der Waals surface area contributed by atoms with Crippen LogP contribution >= 0.6 is 34.8 Å². The zero-order valence-corrected chi connectivity index (χ0v) is 22.5. The molecular formula is C28H26Cl3N3O2. The maximum Gasteiger partial charge on any atom is 0.256 e. The van der Waals surface area contributed by atoms with Crippen LogP contribution in [0, 0.1) is 0 Å². The van der Waals surface area contributed by atoms with Gasteiger partial charge in [0.1, 0.15) is 17.4 Å². The minimum absolute atomic E-state index is 0.0852. The summed E-state index contributed by atoms with van der Waals surface area (Å²) in [6.45, 7) is 7.24. The Hall–Kier alpha value is -2.99. The van der Waals surface area contributed by atoms with Crippen molar-refractivity contribution in [2.24, 2.45) is 0 Å². The molecule has 5 nitrogen and oxygen atoms in total. The lowest BCUT2D eigenvalue weighted by Gasteiger charge is -2.19. The molecule has 3 aromatic carbocycles. The van der Waals surface area contributed by atoms with Gasteiger partial charge < -0.3 is 10.1 Å². The van der Waals surface area contributed by atoms with E-state index in [9.17, 15) is 4.79 Å². The van der Waals surface area contributed by atoms with Gasteiger partial charge in [0.05, 0.1) is 6.54 Å². The van der Waals surface area contributed by atoms with Crippen molar-refractivity contribution in [3.63, 3.8) is 0 Å². The first-order valence-corrected chi connectivity index (χ1v) is 12.5. The Bertz CT molecular complexity index is 1380. The third-order valence-electron chi connectivity index (χ3n) is 5.61. The van der Waals surface area contributed by atoms with E-state index in [0.717, 1.165) is 16.9 Å². The normalized spacial score (nSPS) is 11.4. The number of rotatable bonds is 7. The maximum atomic E-state index is 12.9. The summed E-state index contributed by atoms with van der Waals surface area (Å²) >= 11 is 18.5. The van der Waals surface area contributed by atoms with E-state index in [0.29, 0.717) is 33.8 Å². The molecule has 36 heavy (non-hydrogen) atoms. The summed E-state index contributed by atoms with van der Waals surface area (Å²) in [5.74, 6) is 0.728. The Labute approximate surface area is 225 Å². The lowest BCUT2D eigenvalue weighted by Crippen LogP contribution is -2.13. The van der Waals surface area contributed by atoms with Crippen molar-refractivity contribution < 1.29 is 9.53 Å². The molecule has 0 fully saturated rings. The number of nitrogens with one attached hydrogen (secondary N) is 1. The fourth-order valence-electron chi connectivity index (χ4n) is 3.59. The second-order valence-corrected chi connectivity index (χ2v) is 10.7. The molecule has 4 aromatic rings. The van der Waals surface area contributed by atoms with E-state index >= 15 is 0 Å². The molecule has 0 bridgehead atoms. The number of aromatic nitrogens is 2. The molecule has 0 aliphatic carbocycles. The molecule has 1 N–H and O–H groups in total. The van der Waals surface area contributed by atoms with Crippen LogP contribution in [-0.2, 0) is 18.6 Å². The number of ether oxygens (including phenoxy) is 1. The molecule has 1 amide bonds. The van der Waals surface area contributed by atoms with Crippen molar-refractivity contribution in [1.29, 1.82) is 0 Å². The largest absolute Gasteiger partial charge is 0.489 e. The van der Waals surface area contributed by atoms with Gasteiger partial charge in [-0.3, -0.25) is 9.48 Å². The Balaban J connectivity index is 1.39. The highest BCUT2D eigenvalue weighted by atomic mass is 35.5. The predicted octanol–water partition coefficient (Wildman–Crippen LogP) is 8.02. The number of amides is 1. The first-order valence-electron chi connectivity index (χ1n) is 11.4. The lowest BCUT2D eigenvalue weighted by atomic mass is 9.87. The molecule has 0 spiro atoms. The number of benzene rings is 3. The number of anilines is 1. The number of carbonyl (C=O) groups excluding carboxylic acids is 1. The van der Waals surface area contributed by atoms with Crippen LogP contribution in [0.5, 0.6) is 5.75 Å². The van der Waals surface area contributed by atoms with E-state index in [1.165, 1.54) is 5.56 Å².